The molecule has 2 rings (SSSR count). The minimum absolute atomic E-state index is 0.0188. The van der Waals surface area contributed by atoms with Gasteiger partial charge in [0, 0.05) is 24.6 Å². The maximum atomic E-state index is 13.5. The molecule has 1 heterocycles. The van der Waals surface area contributed by atoms with Crippen LogP contribution in [0.5, 0.6) is 0 Å². The maximum absolute atomic E-state index is 13.5. The molecule has 0 radical (unpaired) electrons. The van der Waals surface area contributed by atoms with Crippen LogP contribution in [0.15, 0.2) is 30.3 Å². The highest BCUT2D eigenvalue weighted by Gasteiger charge is 2.22. The van der Waals surface area contributed by atoms with Crippen molar-refractivity contribution in [1.82, 2.24) is 9.97 Å². The van der Waals surface area contributed by atoms with Gasteiger partial charge < -0.3 is 10.2 Å². The molecule has 0 amide bonds. The van der Waals surface area contributed by atoms with Gasteiger partial charge in [0.15, 0.2) is 0 Å². The van der Waals surface area contributed by atoms with Crippen LogP contribution in [-0.4, -0.2) is 54.0 Å². The highest BCUT2D eigenvalue weighted by atomic mass is 32.2. The van der Waals surface area contributed by atoms with Crippen LogP contribution in [0.1, 0.15) is 50.3 Å². The highest BCUT2D eigenvalue weighted by molar-refractivity contribution is 7.92. The number of carboxylic acid groups (broad SMARTS) is 1. The largest absolute Gasteiger partial charge is 0.481 e. The lowest BCUT2D eigenvalue weighted by molar-refractivity contribution is -0.137. The van der Waals surface area contributed by atoms with Crippen LogP contribution in [0.4, 0.5) is 10.3 Å². The van der Waals surface area contributed by atoms with Crippen LogP contribution in [-0.2, 0) is 14.8 Å². The molecule has 1 atom stereocenters. The molecule has 2 aromatic rings. The summed E-state index contributed by atoms with van der Waals surface area (Å²) in [5.74, 6) is -1.49. The van der Waals surface area contributed by atoms with Gasteiger partial charge in [-0.1, -0.05) is 26.0 Å². The number of benzene rings is 1. The van der Waals surface area contributed by atoms with E-state index < -0.39 is 27.9 Å². The topological polar surface area (TPSA) is 121 Å². The van der Waals surface area contributed by atoms with Gasteiger partial charge in [0.1, 0.15) is 5.82 Å². The average molecular weight is 466 g/mol. The number of hydrogen-bond donors (Lipinski definition) is 2. The Hall–Kier alpha value is -2.85. The van der Waals surface area contributed by atoms with E-state index in [4.69, 9.17) is 5.11 Å². The maximum Gasteiger partial charge on any atom is 0.303 e. The Morgan fingerprint density at radius 2 is 1.84 bits per heavy atom. The first-order chi connectivity index (χ1) is 14.9. The molecule has 0 bridgehead atoms. The van der Waals surface area contributed by atoms with Gasteiger partial charge in [-0.2, -0.15) is 0 Å². The van der Waals surface area contributed by atoms with E-state index in [1.54, 1.807) is 6.08 Å². The van der Waals surface area contributed by atoms with Crippen molar-refractivity contribution in [2.24, 2.45) is 0 Å². The first-order valence-corrected chi connectivity index (χ1v) is 11.9. The Bertz CT molecular complexity index is 1090. The summed E-state index contributed by atoms with van der Waals surface area (Å²) in [5.41, 5.74) is 2.07. The number of carboxylic acids is 1. The second-order valence-electron chi connectivity index (χ2n) is 7.78. The summed E-state index contributed by atoms with van der Waals surface area (Å²) in [6, 6.07) is 5.63. The zero-order valence-electron chi connectivity index (χ0n) is 18.5. The molecule has 8 nitrogen and oxygen atoms in total. The number of anilines is 1. The normalized spacial score (nSPS) is 13.0. The molecule has 0 spiro atoms. The minimum atomic E-state index is -3.62. The summed E-state index contributed by atoms with van der Waals surface area (Å²) in [6.07, 6.45) is 3.87. The molecule has 0 saturated carbocycles. The predicted molar refractivity (Wildman–Crippen MR) is 121 cm³/mol. The lowest BCUT2D eigenvalue weighted by atomic mass is 9.97. The first kappa shape index (κ1) is 25.4. The fourth-order valence-corrected chi connectivity index (χ4v) is 3.34. The Kier molecular flexibility index (Phi) is 8.45. The molecule has 0 aliphatic rings. The van der Waals surface area contributed by atoms with E-state index in [0.29, 0.717) is 28.9 Å². The van der Waals surface area contributed by atoms with Crippen molar-refractivity contribution in [2.45, 2.75) is 45.1 Å². The van der Waals surface area contributed by atoms with Gasteiger partial charge in [-0.15, -0.1) is 0 Å². The van der Waals surface area contributed by atoms with Gasteiger partial charge in [0.25, 0.3) is 0 Å². The van der Waals surface area contributed by atoms with Crippen LogP contribution in [0.3, 0.4) is 0 Å². The minimum Gasteiger partial charge on any atom is -0.481 e. The summed E-state index contributed by atoms with van der Waals surface area (Å²) in [6.45, 7) is 3.78. The van der Waals surface area contributed by atoms with Crippen molar-refractivity contribution >= 4 is 28.0 Å². The van der Waals surface area contributed by atoms with Gasteiger partial charge >= 0.3 is 5.97 Å². The van der Waals surface area contributed by atoms with E-state index in [2.05, 4.69) is 9.97 Å². The Balaban J connectivity index is 2.60. The number of hydrogen-bond acceptors (Lipinski definition) is 6. The van der Waals surface area contributed by atoms with Gasteiger partial charge in [-0.25, -0.2) is 27.1 Å². The van der Waals surface area contributed by atoms with Crippen molar-refractivity contribution in [3.05, 3.63) is 47.4 Å². The highest BCUT2D eigenvalue weighted by Crippen LogP contribution is 2.31. The monoisotopic (exact) mass is 465 g/mol. The second kappa shape index (κ2) is 10.6. The molecule has 1 aromatic carbocycles. The third-order valence-corrected chi connectivity index (χ3v) is 5.94. The Labute approximate surface area is 187 Å². The van der Waals surface area contributed by atoms with Gasteiger partial charge in [-0.3, -0.25) is 4.79 Å². The van der Waals surface area contributed by atoms with Crippen LogP contribution in [0, 0.1) is 5.82 Å². The molecule has 174 valence electrons. The lowest BCUT2D eigenvalue weighted by Gasteiger charge is -2.20. The second-order valence-corrected chi connectivity index (χ2v) is 9.79. The van der Waals surface area contributed by atoms with Crippen molar-refractivity contribution < 1.29 is 27.8 Å². The predicted octanol–water partition coefficient (Wildman–Crippen LogP) is 3.43. The Morgan fingerprint density at radius 1 is 1.22 bits per heavy atom. The molecular weight excluding hydrogens is 437 g/mol. The smallest absolute Gasteiger partial charge is 0.303 e. The zero-order valence-corrected chi connectivity index (χ0v) is 19.3. The van der Waals surface area contributed by atoms with Gasteiger partial charge in [-0.05, 0) is 43.0 Å². The number of aliphatic hydroxyl groups excluding tert-OH is 1. The number of halogens is 1. The summed E-state index contributed by atoms with van der Waals surface area (Å²) in [7, 11) is -2.27. The molecule has 0 aliphatic heterocycles. The quantitative estimate of drug-likeness (QED) is 0.551. The molecule has 1 aromatic heterocycles. The van der Waals surface area contributed by atoms with Crippen LogP contribution >= 0.6 is 0 Å². The Morgan fingerprint density at radius 3 is 2.38 bits per heavy atom. The molecule has 0 saturated heterocycles. The van der Waals surface area contributed by atoms with Crippen LogP contribution in [0.25, 0.3) is 17.3 Å². The van der Waals surface area contributed by atoms with Crippen LogP contribution < -0.4 is 4.31 Å². The van der Waals surface area contributed by atoms with Crippen molar-refractivity contribution in [2.75, 3.05) is 17.6 Å². The number of aliphatic hydroxyl groups is 1. The number of nitrogens with zero attached hydrogens (tertiary/aromatic N) is 3. The average Bonchev–Trinajstić information content (AvgIpc) is 2.70. The summed E-state index contributed by atoms with van der Waals surface area (Å²) >= 11 is 0. The molecule has 32 heavy (non-hydrogen) atoms. The number of rotatable bonds is 10. The molecule has 0 aliphatic carbocycles. The van der Waals surface area contributed by atoms with Crippen molar-refractivity contribution in [3.8, 4) is 11.3 Å². The summed E-state index contributed by atoms with van der Waals surface area (Å²) < 4.78 is 38.6. The van der Waals surface area contributed by atoms with Gasteiger partial charge in [0.2, 0.25) is 16.0 Å². The molecular formula is C22H28FN3O5S. The summed E-state index contributed by atoms with van der Waals surface area (Å²) in [4.78, 5) is 19.6. The molecule has 0 unspecified atom stereocenters. The lowest BCUT2D eigenvalue weighted by Crippen LogP contribution is -2.27. The zero-order chi connectivity index (χ0) is 24.1. The van der Waals surface area contributed by atoms with Crippen molar-refractivity contribution in [3.63, 3.8) is 0 Å². The van der Waals surface area contributed by atoms with Crippen LogP contribution in [0.2, 0.25) is 0 Å². The van der Waals surface area contributed by atoms with E-state index in [9.17, 15) is 22.7 Å². The fourth-order valence-electron chi connectivity index (χ4n) is 2.96. The number of aliphatic carboxylic acids is 1. The first-order valence-electron chi connectivity index (χ1n) is 10.1. The number of aromatic nitrogens is 2. The molecule has 2 N–H and O–H groups in total. The van der Waals surface area contributed by atoms with E-state index >= 15 is 0 Å². The number of sulfonamides is 1. The number of carbonyl (C=O) groups is 1. The van der Waals surface area contributed by atoms with Crippen molar-refractivity contribution in [1.29, 1.82) is 0 Å². The standard InChI is InChI=1S/C22H28FN3O5S/c1-14(2)20-18(13-12-17(27)6-5-7-19(28)29)21(15-8-10-16(23)11-9-15)25-22(24-20)26(3)32(4,30)31/h8-14,17,27H,5-7H2,1-4H3,(H,28,29)/t17-/m0/s1. The molecule has 10 heteroatoms. The third kappa shape index (κ3) is 6.83. The summed E-state index contributed by atoms with van der Waals surface area (Å²) in [5, 5.41) is 19.0. The third-order valence-electron chi connectivity index (χ3n) is 4.78. The van der Waals surface area contributed by atoms with E-state index in [-0.39, 0.29) is 24.7 Å². The SMILES string of the molecule is CC(C)c1nc(N(C)S(C)(=O)=O)nc(-c2ccc(F)cc2)c1C=C[C@@H](O)CCCC(=O)O. The fraction of sp³-hybridized carbons (Fsp3) is 0.409. The molecule has 0 fully saturated rings. The van der Waals surface area contributed by atoms with E-state index in [1.165, 1.54) is 37.4 Å². The van der Waals surface area contributed by atoms with Gasteiger partial charge in [0.05, 0.1) is 23.7 Å². The van der Waals surface area contributed by atoms with E-state index in [1.807, 2.05) is 13.8 Å². The van der Waals surface area contributed by atoms with E-state index in [0.717, 1.165) is 10.6 Å².